The lowest BCUT2D eigenvalue weighted by Gasteiger charge is -2.32. The Bertz CT molecular complexity index is 765. The number of piperidine rings is 1. The predicted octanol–water partition coefficient (Wildman–Crippen LogP) is 4.85. The Hall–Kier alpha value is -1.75. The van der Waals surface area contributed by atoms with Crippen LogP contribution >= 0.6 is 23.2 Å². The van der Waals surface area contributed by atoms with E-state index in [2.05, 4.69) is 10.2 Å². The smallest absolute Gasteiger partial charge is 0.228 e. The number of likely N-dealkylation sites (tertiary alicyclic amines) is 1. The maximum absolute atomic E-state index is 12.6. The molecule has 26 heavy (non-hydrogen) atoms. The standard InChI is InChI=1S/C20H22Cl2N2O2/c1-26-18-8-6-17(7-9-18)23-20(25)15-3-2-10-24(13-15)12-14-4-5-16(21)11-19(14)22/h4-9,11,15H,2-3,10,12-13H2,1H3,(H,23,25)/t15-/m1/s1. The molecule has 0 aromatic heterocycles. The van der Waals surface area contributed by atoms with Crippen LogP contribution in [0.15, 0.2) is 42.5 Å². The number of hydrogen-bond acceptors (Lipinski definition) is 3. The molecule has 2 aromatic rings. The number of methoxy groups -OCH3 is 1. The Morgan fingerprint density at radius 2 is 2.00 bits per heavy atom. The van der Waals surface area contributed by atoms with E-state index in [1.54, 1.807) is 13.2 Å². The number of rotatable bonds is 5. The number of nitrogens with one attached hydrogen (secondary N) is 1. The summed E-state index contributed by atoms with van der Waals surface area (Å²) in [5, 5.41) is 4.30. The Morgan fingerprint density at radius 1 is 1.23 bits per heavy atom. The third kappa shape index (κ3) is 4.91. The number of nitrogens with zero attached hydrogens (tertiary/aromatic N) is 1. The number of hydrogen-bond donors (Lipinski definition) is 1. The van der Waals surface area contributed by atoms with Crippen LogP contribution in [0.3, 0.4) is 0 Å². The predicted molar refractivity (Wildman–Crippen MR) is 106 cm³/mol. The van der Waals surface area contributed by atoms with Gasteiger partial charge in [0.25, 0.3) is 0 Å². The lowest BCUT2D eigenvalue weighted by atomic mass is 9.96. The molecule has 1 heterocycles. The third-order valence-electron chi connectivity index (χ3n) is 4.64. The average molecular weight is 393 g/mol. The molecule has 6 heteroatoms. The van der Waals surface area contributed by atoms with Gasteiger partial charge in [0, 0.05) is 28.8 Å². The van der Waals surface area contributed by atoms with Crippen molar-refractivity contribution in [2.45, 2.75) is 19.4 Å². The Morgan fingerprint density at radius 3 is 2.69 bits per heavy atom. The Kier molecular flexibility index (Phi) is 6.41. The maximum atomic E-state index is 12.6. The summed E-state index contributed by atoms with van der Waals surface area (Å²) in [4.78, 5) is 14.9. The summed E-state index contributed by atoms with van der Waals surface area (Å²) in [7, 11) is 1.62. The van der Waals surface area contributed by atoms with Crippen LogP contribution < -0.4 is 10.1 Å². The molecule has 1 aliphatic heterocycles. The highest BCUT2D eigenvalue weighted by molar-refractivity contribution is 6.35. The molecular weight excluding hydrogens is 371 g/mol. The van der Waals surface area contributed by atoms with Gasteiger partial charge in [0.1, 0.15) is 5.75 Å². The second kappa shape index (κ2) is 8.76. The fraction of sp³-hybridized carbons (Fsp3) is 0.350. The van der Waals surface area contributed by atoms with Crippen molar-refractivity contribution in [3.8, 4) is 5.75 Å². The molecule has 1 saturated heterocycles. The minimum Gasteiger partial charge on any atom is -0.497 e. The molecule has 0 aliphatic carbocycles. The van der Waals surface area contributed by atoms with E-state index in [4.69, 9.17) is 27.9 Å². The van der Waals surface area contributed by atoms with E-state index >= 15 is 0 Å². The lowest BCUT2D eigenvalue weighted by Crippen LogP contribution is -2.40. The first-order valence-electron chi connectivity index (χ1n) is 8.66. The number of amides is 1. The van der Waals surface area contributed by atoms with Gasteiger partial charge in [0.2, 0.25) is 5.91 Å². The summed E-state index contributed by atoms with van der Waals surface area (Å²) in [5.41, 5.74) is 1.82. The Labute approximate surface area is 164 Å². The van der Waals surface area contributed by atoms with Crippen molar-refractivity contribution in [3.05, 3.63) is 58.1 Å². The summed E-state index contributed by atoms with van der Waals surface area (Å²) >= 11 is 12.2. The van der Waals surface area contributed by atoms with Crippen molar-refractivity contribution in [3.63, 3.8) is 0 Å². The molecule has 4 nitrogen and oxygen atoms in total. The molecule has 1 fully saturated rings. The van der Waals surface area contributed by atoms with Crippen LogP contribution in [0.2, 0.25) is 10.0 Å². The van der Waals surface area contributed by atoms with Gasteiger partial charge in [0.05, 0.1) is 13.0 Å². The molecule has 1 aliphatic rings. The topological polar surface area (TPSA) is 41.6 Å². The largest absolute Gasteiger partial charge is 0.497 e. The van der Waals surface area contributed by atoms with Crippen LogP contribution in [0.5, 0.6) is 5.75 Å². The molecule has 138 valence electrons. The maximum Gasteiger partial charge on any atom is 0.228 e. The summed E-state index contributed by atoms with van der Waals surface area (Å²) in [6, 6.07) is 12.9. The minimum atomic E-state index is -0.0306. The zero-order valence-corrected chi connectivity index (χ0v) is 16.2. The number of ether oxygens (including phenoxy) is 1. The molecule has 0 spiro atoms. The van der Waals surface area contributed by atoms with Crippen LogP contribution in [0.25, 0.3) is 0 Å². The fourth-order valence-electron chi connectivity index (χ4n) is 3.22. The zero-order chi connectivity index (χ0) is 18.5. The lowest BCUT2D eigenvalue weighted by molar-refractivity contribution is -0.121. The molecule has 3 rings (SSSR count). The summed E-state index contributed by atoms with van der Waals surface area (Å²) in [6.45, 7) is 2.41. The van der Waals surface area contributed by atoms with E-state index in [0.717, 1.165) is 49.5 Å². The highest BCUT2D eigenvalue weighted by atomic mass is 35.5. The molecule has 1 amide bonds. The van der Waals surface area contributed by atoms with Crippen molar-refractivity contribution in [1.29, 1.82) is 0 Å². The second-order valence-corrected chi connectivity index (χ2v) is 7.37. The first-order chi connectivity index (χ1) is 12.5. The van der Waals surface area contributed by atoms with Crippen LogP contribution in [0.1, 0.15) is 18.4 Å². The van der Waals surface area contributed by atoms with Gasteiger partial charge in [-0.15, -0.1) is 0 Å². The van der Waals surface area contributed by atoms with E-state index in [1.165, 1.54) is 0 Å². The number of carbonyl (C=O) groups is 1. The molecule has 1 atom stereocenters. The van der Waals surface area contributed by atoms with Crippen molar-refractivity contribution in [1.82, 2.24) is 4.90 Å². The van der Waals surface area contributed by atoms with Gasteiger partial charge in [-0.2, -0.15) is 0 Å². The molecule has 1 N–H and O–H groups in total. The van der Waals surface area contributed by atoms with Gasteiger partial charge in [-0.3, -0.25) is 9.69 Å². The molecule has 0 unspecified atom stereocenters. The SMILES string of the molecule is COc1ccc(NC(=O)[C@@H]2CCCN(Cc3ccc(Cl)cc3Cl)C2)cc1. The highest BCUT2D eigenvalue weighted by Gasteiger charge is 2.26. The van der Waals surface area contributed by atoms with Gasteiger partial charge < -0.3 is 10.1 Å². The van der Waals surface area contributed by atoms with Crippen LogP contribution in [-0.2, 0) is 11.3 Å². The first kappa shape index (κ1) is 19.0. The monoisotopic (exact) mass is 392 g/mol. The van der Waals surface area contributed by atoms with Crippen molar-refractivity contribution >= 4 is 34.8 Å². The summed E-state index contributed by atoms with van der Waals surface area (Å²) in [6.07, 6.45) is 1.89. The normalized spacial score (nSPS) is 17.7. The zero-order valence-electron chi connectivity index (χ0n) is 14.7. The quantitative estimate of drug-likeness (QED) is 0.790. The minimum absolute atomic E-state index is 0.0306. The Balaban J connectivity index is 1.59. The van der Waals surface area contributed by atoms with E-state index in [9.17, 15) is 4.79 Å². The van der Waals surface area contributed by atoms with E-state index < -0.39 is 0 Å². The van der Waals surface area contributed by atoms with Crippen LogP contribution in [0, 0.1) is 5.92 Å². The van der Waals surface area contributed by atoms with Crippen LogP contribution in [-0.4, -0.2) is 31.0 Å². The van der Waals surface area contributed by atoms with Gasteiger partial charge in [-0.1, -0.05) is 29.3 Å². The van der Waals surface area contributed by atoms with Gasteiger partial charge in [-0.25, -0.2) is 0 Å². The van der Waals surface area contributed by atoms with Crippen molar-refractivity contribution < 1.29 is 9.53 Å². The molecule has 2 aromatic carbocycles. The van der Waals surface area contributed by atoms with Gasteiger partial charge >= 0.3 is 0 Å². The van der Waals surface area contributed by atoms with Gasteiger partial charge in [-0.05, 0) is 61.3 Å². The van der Waals surface area contributed by atoms with E-state index in [1.807, 2.05) is 36.4 Å². The van der Waals surface area contributed by atoms with Gasteiger partial charge in [0.15, 0.2) is 0 Å². The number of halogens is 2. The molecule has 0 bridgehead atoms. The fourth-order valence-corrected chi connectivity index (χ4v) is 3.69. The van der Waals surface area contributed by atoms with E-state index in [0.29, 0.717) is 10.0 Å². The second-order valence-electron chi connectivity index (χ2n) is 6.53. The summed E-state index contributed by atoms with van der Waals surface area (Å²) < 4.78 is 5.14. The van der Waals surface area contributed by atoms with Crippen molar-refractivity contribution in [2.75, 3.05) is 25.5 Å². The number of anilines is 1. The molecule has 0 radical (unpaired) electrons. The third-order valence-corrected chi connectivity index (χ3v) is 5.23. The highest BCUT2D eigenvalue weighted by Crippen LogP contribution is 2.25. The first-order valence-corrected chi connectivity index (χ1v) is 9.42. The van der Waals surface area contributed by atoms with Crippen molar-refractivity contribution in [2.24, 2.45) is 5.92 Å². The average Bonchev–Trinajstić information content (AvgIpc) is 2.65. The van der Waals surface area contributed by atoms with E-state index in [-0.39, 0.29) is 11.8 Å². The molecular formula is C20H22Cl2N2O2. The summed E-state index contributed by atoms with van der Waals surface area (Å²) in [5.74, 6) is 0.797. The number of carbonyl (C=O) groups excluding carboxylic acids is 1. The molecule has 0 saturated carbocycles. The number of benzene rings is 2. The van der Waals surface area contributed by atoms with Crippen LogP contribution in [0.4, 0.5) is 5.69 Å².